The number of benzene rings is 2. The normalized spacial score (nSPS) is 16.8. The van der Waals surface area contributed by atoms with Gasteiger partial charge in [0.2, 0.25) is 0 Å². The van der Waals surface area contributed by atoms with Crippen LogP contribution in [0, 0.1) is 0 Å². The summed E-state index contributed by atoms with van der Waals surface area (Å²) in [5, 5.41) is 0. The van der Waals surface area contributed by atoms with Crippen molar-refractivity contribution in [2.75, 3.05) is 0 Å². The molecule has 0 saturated heterocycles. The van der Waals surface area contributed by atoms with Crippen LogP contribution in [-0.2, 0) is 18.8 Å². The monoisotopic (exact) mass is 360 g/mol. The summed E-state index contributed by atoms with van der Waals surface area (Å²) in [5.74, 6) is 1.97. The third kappa shape index (κ3) is 2.19. The molecule has 0 bridgehead atoms. The Morgan fingerprint density at radius 2 is 2.10 bits per heavy atom. The Morgan fingerprint density at radius 1 is 1.24 bits per heavy atom. The van der Waals surface area contributed by atoms with Gasteiger partial charge in [-0.2, -0.15) is 0 Å². The molecule has 1 unspecified atom stereocenters. The van der Waals surface area contributed by atoms with Crippen molar-refractivity contribution in [3.05, 3.63) is 63.9 Å². The summed E-state index contributed by atoms with van der Waals surface area (Å²) in [5.41, 5.74) is 5.12. The molecule has 4 rings (SSSR count). The quantitative estimate of drug-likeness (QED) is 0.608. The van der Waals surface area contributed by atoms with Crippen molar-refractivity contribution >= 4 is 38.6 Å². The van der Waals surface area contributed by atoms with Gasteiger partial charge in [0.1, 0.15) is 5.82 Å². The summed E-state index contributed by atoms with van der Waals surface area (Å²) in [4.78, 5) is 4.66. The van der Waals surface area contributed by atoms with Gasteiger partial charge in [0, 0.05) is 16.9 Å². The van der Waals surface area contributed by atoms with Crippen molar-refractivity contribution < 1.29 is 0 Å². The minimum atomic E-state index is 0.445. The van der Waals surface area contributed by atoms with Crippen LogP contribution < -0.4 is 0 Å². The van der Waals surface area contributed by atoms with Gasteiger partial charge >= 0.3 is 0 Å². The highest BCUT2D eigenvalue weighted by molar-refractivity contribution is 9.10. The van der Waals surface area contributed by atoms with Gasteiger partial charge in [-0.1, -0.05) is 40.2 Å². The number of nitrogens with zero attached hydrogens (tertiary/aromatic N) is 2. The number of fused-ring (bicyclic) bond motifs is 2. The molecule has 0 saturated carbocycles. The SMILES string of the molecule is ClCc1nc2cc(Br)ccc2n1CC1Cc2ccccc21. The summed E-state index contributed by atoms with van der Waals surface area (Å²) in [6.45, 7) is 0.956. The van der Waals surface area contributed by atoms with E-state index in [1.54, 1.807) is 0 Å². The van der Waals surface area contributed by atoms with Gasteiger partial charge in [-0.3, -0.25) is 0 Å². The second kappa shape index (κ2) is 5.15. The first-order chi connectivity index (χ1) is 10.3. The van der Waals surface area contributed by atoms with Crippen molar-refractivity contribution in [3.63, 3.8) is 0 Å². The zero-order valence-corrected chi connectivity index (χ0v) is 13.7. The fourth-order valence-electron chi connectivity index (χ4n) is 3.20. The van der Waals surface area contributed by atoms with Gasteiger partial charge in [-0.15, -0.1) is 11.6 Å². The van der Waals surface area contributed by atoms with E-state index in [4.69, 9.17) is 11.6 Å². The van der Waals surface area contributed by atoms with Crippen molar-refractivity contribution in [1.82, 2.24) is 9.55 Å². The number of aromatic nitrogens is 2. The topological polar surface area (TPSA) is 17.8 Å². The van der Waals surface area contributed by atoms with Crippen molar-refractivity contribution in [1.29, 1.82) is 0 Å². The van der Waals surface area contributed by atoms with Crippen LogP contribution in [0.15, 0.2) is 46.9 Å². The molecule has 21 heavy (non-hydrogen) atoms. The van der Waals surface area contributed by atoms with E-state index in [1.807, 2.05) is 0 Å². The van der Waals surface area contributed by atoms with Gasteiger partial charge < -0.3 is 4.57 Å². The van der Waals surface area contributed by atoms with Gasteiger partial charge in [-0.05, 0) is 35.7 Å². The Balaban J connectivity index is 1.74. The highest BCUT2D eigenvalue weighted by atomic mass is 79.9. The maximum Gasteiger partial charge on any atom is 0.124 e. The van der Waals surface area contributed by atoms with Gasteiger partial charge in [0.05, 0.1) is 16.9 Å². The second-order valence-electron chi connectivity index (χ2n) is 5.51. The molecular weight excluding hydrogens is 348 g/mol. The highest BCUT2D eigenvalue weighted by Gasteiger charge is 2.27. The summed E-state index contributed by atoms with van der Waals surface area (Å²) >= 11 is 9.60. The molecular formula is C17H14BrClN2. The number of halogens is 2. The molecule has 0 radical (unpaired) electrons. The lowest BCUT2D eigenvalue weighted by Gasteiger charge is -2.31. The maximum absolute atomic E-state index is 6.09. The third-order valence-electron chi connectivity index (χ3n) is 4.27. The minimum Gasteiger partial charge on any atom is -0.326 e. The van der Waals surface area contributed by atoms with Crippen LogP contribution in [0.25, 0.3) is 11.0 Å². The Hall–Kier alpha value is -1.32. The van der Waals surface area contributed by atoms with Gasteiger partial charge in [0.25, 0.3) is 0 Å². The lowest BCUT2D eigenvalue weighted by molar-refractivity contribution is 0.508. The predicted octanol–water partition coefficient (Wildman–Crippen LogP) is 4.88. The zero-order valence-electron chi connectivity index (χ0n) is 11.4. The van der Waals surface area contributed by atoms with Crippen LogP contribution >= 0.6 is 27.5 Å². The molecule has 2 nitrogen and oxygen atoms in total. The molecule has 3 aromatic rings. The van der Waals surface area contributed by atoms with E-state index < -0.39 is 0 Å². The lowest BCUT2D eigenvalue weighted by atomic mass is 9.77. The summed E-state index contributed by atoms with van der Waals surface area (Å²) in [6, 6.07) is 14.9. The van der Waals surface area contributed by atoms with Crippen LogP contribution in [0.3, 0.4) is 0 Å². The molecule has 2 aromatic carbocycles. The molecule has 1 atom stereocenters. The number of imidazole rings is 1. The van der Waals surface area contributed by atoms with Crippen LogP contribution in [0.2, 0.25) is 0 Å². The lowest BCUT2D eigenvalue weighted by Crippen LogP contribution is -2.22. The van der Waals surface area contributed by atoms with Crippen LogP contribution in [0.4, 0.5) is 0 Å². The summed E-state index contributed by atoms with van der Waals surface area (Å²) in [6.07, 6.45) is 1.15. The van der Waals surface area contributed by atoms with Gasteiger partial charge in [0.15, 0.2) is 0 Å². The number of alkyl halides is 1. The Labute approximate surface area is 136 Å². The fraction of sp³-hybridized carbons (Fsp3) is 0.235. The van der Waals surface area contributed by atoms with E-state index in [0.717, 1.165) is 28.8 Å². The number of hydrogen-bond donors (Lipinski definition) is 0. The number of rotatable bonds is 3. The smallest absolute Gasteiger partial charge is 0.124 e. The van der Waals surface area contributed by atoms with Crippen LogP contribution in [0.1, 0.15) is 22.9 Å². The van der Waals surface area contributed by atoms with E-state index in [1.165, 1.54) is 16.6 Å². The molecule has 1 aliphatic carbocycles. The first kappa shape index (κ1) is 13.4. The third-order valence-corrected chi connectivity index (χ3v) is 5.01. The van der Waals surface area contributed by atoms with Crippen molar-refractivity contribution in [2.45, 2.75) is 24.8 Å². The van der Waals surface area contributed by atoms with E-state index in [9.17, 15) is 0 Å². The van der Waals surface area contributed by atoms with Crippen molar-refractivity contribution in [3.8, 4) is 0 Å². The van der Waals surface area contributed by atoms with E-state index in [2.05, 4.69) is 67.9 Å². The minimum absolute atomic E-state index is 0.445. The highest BCUT2D eigenvalue weighted by Crippen LogP contribution is 2.37. The Bertz CT molecular complexity index is 825. The molecule has 106 valence electrons. The molecule has 0 spiro atoms. The fourth-order valence-corrected chi connectivity index (χ4v) is 3.76. The number of hydrogen-bond acceptors (Lipinski definition) is 1. The second-order valence-corrected chi connectivity index (χ2v) is 6.69. The molecule has 0 fully saturated rings. The molecule has 1 heterocycles. The zero-order chi connectivity index (χ0) is 14.4. The Kier molecular flexibility index (Phi) is 3.27. The molecule has 0 amide bonds. The first-order valence-electron chi connectivity index (χ1n) is 7.04. The molecule has 0 aliphatic heterocycles. The maximum atomic E-state index is 6.09. The average molecular weight is 362 g/mol. The van der Waals surface area contributed by atoms with E-state index in [0.29, 0.717) is 11.8 Å². The van der Waals surface area contributed by atoms with E-state index in [-0.39, 0.29) is 0 Å². The standard InChI is InChI=1S/C17H14BrClN2/c18-13-5-6-16-15(8-13)20-17(9-19)21(16)10-12-7-11-3-1-2-4-14(11)12/h1-6,8,12H,7,9-10H2. The molecule has 1 aromatic heterocycles. The Morgan fingerprint density at radius 3 is 2.90 bits per heavy atom. The summed E-state index contributed by atoms with van der Waals surface area (Å²) in [7, 11) is 0. The molecule has 0 N–H and O–H groups in total. The molecule has 1 aliphatic rings. The average Bonchev–Trinajstić information content (AvgIpc) is 2.81. The summed E-state index contributed by atoms with van der Waals surface area (Å²) < 4.78 is 3.32. The first-order valence-corrected chi connectivity index (χ1v) is 8.37. The largest absolute Gasteiger partial charge is 0.326 e. The van der Waals surface area contributed by atoms with Gasteiger partial charge in [-0.25, -0.2) is 4.98 Å². The predicted molar refractivity (Wildman–Crippen MR) is 89.9 cm³/mol. The van der Waals surface area contributed by atoms with E-state index >= 15 is 0 Å². The molecule has 4 heteroatoms. The van der Waals surface area contributed by atoms with Crippen LogP contribution in [0.5, 0.6) is 0 Å². The van der Waals surface area contributed by atoms with Crippen LogP contribution in [-0.4, -0.2) is 9.55 Å². The van der Waals surface area contributed by atoms with Crippen molar-refractivity contribution in [2.24, 2.45) is 0 Å².